The SMILES string of the molecule is CC.OCc1cccc(Nc2cc(-c3ccccc3Cl)nc3c(Br)cnn23)c1. The Morgan fingerprint density at radius 3 is 2.64 bits per heavy atom. The van der Waals surface area contributed by atoms with Crippen LogP contribution < -0.4 is 5.32 Å². The molecule has 0 aliphatic carbocycles. The molecule has 2 heterocycles. The van der Waals surface area contributed by atoms with Crippen LogP contribution in [0.1, 0.15) is 19.4 Å². The minimum absolute atomic E-state index is 0.0144. The average molecular weight is 460 g/mol. The van der Waals surface area contributed by atoms with Crippen LogP contribution in [0.5, 0.6) is 0 Å². The van der Waals surface area contributed by atoms with Gasteiger partial charge in [-0.05, 0) is 39.7 Å². The van der Waals surface area contributed by atoms with Crippen LogP contribution in [0.25, 0.3) is 16.9 Å². The Balaban J connectivity index is 0.00000109. The highest BCUT2D eigenvalue weighted by Gasteiger charge is 2.13. The molecule has 0 aliphatic rings. The van der Waals surface area contributed by atoms with Crippen molar-refractivity contribution in [2.45, 2.75) is 20.5 Å². The third-order valence-electron chi connectivity index (χ3n) is 3.96. The van der Waals surface area contributed by atoms with Crippen LogP contribution in [-0.2, 0) is 6.61 Å². The van der Waals surface area contributed by atoms with Gasteiger partial charge in [-0.1, -0.05) is 55.8 Å². The standard InChI is InChI=1S/C19H14BrClN4O.C2H6/c20-15-10-22-25-18(23-13-5-3-4-12(8-13)11-26)9-17(24-19(15)25)14-6-1-2-7-16(14)21;1-2/h1-10,23,26H,11H2;1-2H3. The quantitative estimate of drug-likeness (QED) is 0.388. The minimum atomic E-state index is -0.0144. The predicted octanol–water partition coefficient (Wildman–Crippen LogP) is 6.07. The fourth-order valence-electron chi connectivity index (χ4n) is 2.73. The summed E-state index contributed by atoms with van der Waals surface area (Å²) in [5.74, 6) is 0.741. The number of rotatable bonds is 4. The number of aromatic nitrogens is 3. The Hall–Kier alpha value is -2.41. The molecular weight excluding hydrogens is 440 g/mol. The van der Waals surface area contributed by atoms with Crippen molar-refractivity contribution in [1.29, 1.82) is 0 Å². The van der Waals surface area contributed by atoms with E-state index in [4.69, 9.17) is 16.6 Å². The highest BCUT2D eigenvalue weighted by Crippen LogP contribution is 2.31. The van der Waals surface area contributed by atoms with Crippen molar-refractivity contribution in [3.8, 4) is 11.3 Å². The van der Waals surface area contributed by atoms with Gasteiger partial charge < -0.3 is 10.4 Å². The molecular formula is C21H20BrClN4O. The van der Waals surface area contributed by atoms with Gasteiger partial charge in [0.25, 0.3) is 0 Å². The maximum atomic E-state index is 9.35. The normalized spacial score (nSPS) is 10.5. The van der Waals surface area contributed by atoms with Gasteiger partial charge in [-0.2, -0.15) is 9.61 Å². The summed E-state index contributed by atoms with van der Waals surface area (Å²) >= 11 is 9.85. The maximum Gasteiger partial charge on any atom is 0.172 e. The third kappa shape index (κ3) is 4.19. The number of benzene rings is 2. The first kappa shape index (κ1) is 20.3. The lowest BCUT2D eigenvalue weighted by molar-refractivity contribution is 0.282. The van der Waals surface area contributed by atoms with Crippen molar-refractivity contribution < 1.29 is 5.11 Å². The Labute approximate surface area is 177 Å². The summed E-state index contributed by atoms with van der Waals surface area (Å²) in [5, 5.41) is 17.7. The number of aliphatic hydroxyl groups excluding tert-OH is 1. The van der Waals surface area contributed by atoms with E-state index in [0.717, 1.165) is 32.8 Å². The molecule has 2 N–H and O–H groups in total. The number of nitrogens with zero attached hydrogens (tertiary/aromatic N) is 3. The van der Waals surface area contributed by atoms with E-state index in [1.54, 1.807) is 10.7 Å². The number of aliphatic hydroxyl groups is 1. The number of fused-ring (bicyclic) bond motifs is 1. The van der Waals surface area contributed by atoms with Crippen molar-refractivity contribution >= 4 is 44.7 Å². The first-order valence-corrected chi connectivity index (χ1v) is 10.1. The Morgan fingerprint density at radius 2 is 1.89 bits per heavy atom. The maximum absolute atomic E-state index is 9.35. The Morgan fingerprint density at radius 1 is 1.11 bits per heavy atom. The first-order valence-electron chi connectivity index (χ1n) is 8.92. The number of nitrogens with one attached hydrogen (secondary N) is 1. The molecule has 2 aromatic carbocycles. The molecule has 0 saturated heterocycles. The molecule has 28 heavy (non-hydrogen) atoms. The second-order valence-corrected chi connectivity index (χ2v) is 6.98. The van der Waals surface area contributed by atoms with Crippen LogP contribution in [0, 0.1) is 0 Å². The van der Waals surface area contributed by atoms with E-state index >= 15 is 0 Å². The fourth-order valence-corrected chi connectivity index (χ4v) is 3.31. The minimum Gasteiger partial charge on any atom is -0.392 e. The molecule has 0 saturated carbocycles. The van der Waals surface area contributed by atoms with Gasteiger partial charge in [0.2, 0.25) is 0 Å². The Bertz CT molecular complexity index is 1100. The zero-order valence-electron chi connectivity index (χ0n) is 15.5. The summed E-state index contributed by atoms with van der Waals surface area (Å²) in [6.07, 6.45) is 1.70. The summed E-state index contributed by atoms with van der Waals surface area (Å²) in [5.41, 5.74) is 3.94. The van der Waals surface area contributed by atoms with Crippen LogP contribution in [0.4, 0.5) is 11.5 Å². The van der Waals surface area contributed by atoms with Crippen LogP contribution in [0.2, 0.25) is 5.02 Å². The smallest absolute Gasteiger partial charge is 0.172 e. The van der Waals surface area contributed by atoms with Gasteiger partial charge in [0.1, 0.15) is 5.82 Å². The molecule has 0 amide bonds. The first-order chi connectivity index (χ1) is 13.7. The molecule has 0 bridgehead atoms. The van der Waals surface area contributed by atoms with E-state index < -0.39 is 0 Å². The molecule has 0 spiro atoms. The highest BCUT2D eigenvalue weighted by atomic mass is 79.9. The lowest BCUT2D eigenvalue weighted by Gasteiger charge is -2.12. The molecule has 0 atom stereocenters. The summed E-state index contributed by atoms with van der Waals surface area (Å²) in [6.45, 7) is 3.99. The zero-order chi connectivity index (χ0) is 20.1. The summed E-state index contributed by atoms with van der Waals surface area (Å²) in [7, 11) is 0. The van der Waals surface area contributed by atoms with Crippen molar-refractivity contribution in [3.05, 3.63) is 75.9 Å². The molecule has 2 aromatic heterocycles. The largest absolute Gasteiger partial charge is 0.392 e. The molecule has 0 radical (unpaired) electrons. The summed E-state index contributed by atoms with van der Waals surface area (Å²) < 4.78 is 2.51. The van der Waals surface area contributed by atoms with E-state index in [1.165, 1.54) is 0 Å². The Kier molecular flexibility index (Phi) is 6.67. The molecule has 0 fully saturated rings. The van der Waals surface area contributed by atoms with Gasteiger partial charge >= 0.3 is 0 Å². The molecule has 4 rings (SSSR count). The van der Waals surface area contributed by atoms with E-state index in [1.807, 2.05) is 68.4 Å². The van der Waals surface area contributed by atoms with Gasteiger partial charge in [0, 0.05) is 22.3 Å². The third-order valence-corrected chi connectivity index (χ3v) is 4.85. The molecule has 7 heteroatoms. The second-order valence-electron chi connectivity index (χ2n) is 5.72. The fraction of sp³-hybridized carbons (Fsp3) is 0.143. The summed E-state index contributed by atoms with van der Waals surface area (Å²) in [4.78, 5) is 4.69. The van der Waals surface area contributed by atoms with Crippen LogP contribution in [0.3, 0.4) is 0 Å². The average Bonchev–Trinajstić information content (AvgIpc) is 3.11. The van der Waals surface area contributed by atoms with Gasteiger partial charge in [0.05, 0.1) is 23.0 Å². The topological polar surface area (TPSA) is 62.5 Å². The van der Waals surface area contributed by atoms with Gasteiger partial charge in [0.15, 0.2) is 5.65 Å². The monoisotopic (exact) mass is 458 g/mol. The molecule has 5 nitrogen and oxygen atoms in total. The number of anilines is 2. The lowest BCUT2D eigenvalue weighted by Crippen LogP contribution is -2.03. The predicted molar refractivity (Wildman–Crippen MR) is 118 cm³/mol. The molecule has 144 valence electrons. The van der Waals surface area contributed by atoms with E-state index in [9.17, 15) is 5.11 Å². The highest BCUT2D eigenvalue weighted by molar-refractivity contribution is 9.10. The number of halogens is 2. The van der Waals surface area contributed by atoms with Crippen LogP contribution in [0.15, 0.2) is 65.3 Å². The molecule has 0 unspecified atom stereocenters. The number of hydrogen-bond acceptors (Lipinski definition) is 4. The van der Waals surface area contributed by atoms with Gasteiger partial charge in [-0.15, -0.1) is 0 Å². The van der Waals surface area contributed by atoms with Gasteiger partial charge in [-0.3, -0.25) is 0 Å². The van der Waals surface area contributed by atoms with E-state index in [-0.39, 0.29) is 6.61 Å². The zero-order valence-corrected chi connectivity index (χ0v) is 17.9. The van der Waals surface area contributed by atoms with Gasteiger partial charge in [-0.25, -0.2) is 4.98 Å². The molecule has 4 aromatic rings. The summed E-state index contributed by atoms with van der Waals surface area (Å²) in [6, 6.07) is 17.1. The van der Waals surface area contributed by atoms with Crippen molar-refractivity contribution in [1.82, 2.24) is 14.6 Å². The van der Waals surface area contributed by atoms with Crippen LogP contribution >= 0.6 is 27.5 Å². The second kappa shape index (κ2) is 9.19. The van der Waals surface area contributed by atoms with E-state index in [0.29, 0.717) is 10.7 Å². The van der Waals surface area contributed by atoms with Crippen molar-refractivity contribution in [2.24, 2.45) is 0 Å². The van der Waals surface area contributed by atoms with Crippen LogP contribution in [-0.4, -0.2) is 19.7 Å². The lowest BCUT2D eigenvalue weighted by atomic mass is 10.1. The molecule has 0 aliphatic heterocycles. The van der Waals surface area contributed by atoms with Crippen molar-refractivity contribution in [2.75, 3.05) is 5.32 Å². The van der Waals surface area contributed by atoms with E-state index in [2.05, 4.69) is 26.3 Å². The number of hydrogen-bond donors (Lipinski definition) is 2. The van der Waals surface area contributed by atoms with Crippen molar-refractivity contribution in [3.63, 3.8) is 0 Å².